The molecule has 5 nitrogen and oxygen atoms in total. The maximum absolute atomic E-state index is 5.91. The van der Waals surface area contributed by atoms with Crippen molar-refractivity contribution >= 4 is 23.0 Å². The highest BCUT2D eigenvalue weighted by molar-refractivity contribution is 7.71. The molecular weight excluding hydrogens is 370 g/mol. The van der Waals surface area contributed by atoms with Crippen LogP contribution in [0.15, 0.2) is 60.7 Å². The number of hydrogen-bond acceptors (Lipinski definition) is 4. The van der Waals surface area contributed by atoms with Crippen molar-refractivity contribution in [2.45, 2.75) is 6.92 Å². The lowest BCUT2D eigenvalue weighted by Gasteiger charge is -2.15. The number of aryl methyl sites for hydroxylation is 1. The summed E-state index contributed by atoms with van der Waals surface area (Å²) >= 11 is 5.58. The molecule has 0 radical (unpaired) electrons. The van der Waals surface area contributed by atoms with E-state index in [0.717, 1.165) is 39.2 Å². The second-order valence-corrected chi connectivity index (χ2v) is 6.86. The van der Waals surface area contributed by atoms with Gasteiger partial charge in [-0.1, -0.05) is 48.5 Å². The van der Waals surface area contributed by atoms with Crippen LogP contribution in [0.4, 0.5) is 0 Å². The average Bonchev–Trinajstić information content (AvgIpc) is 3.09. The van der Waals surface area contributed by atoms with Crippen LogP contribution in [0.3, 0.4) is 0 Å². The molecule has 0 saturated carbocycles. The Labute approximate surface area is 168 Å². The van der Waals surface area contributed by atoms with Gasteiger partial charge < -0.3 is 9.47 Å². The number of rotatable bonds is 6. The maximum atomic E-state index is 5.91. The molecule has 0 atom stereocenters. The molecule has 1 aromatic heterocycles. The van der Waals surface area contributed by atoms with Crippen molar-refractivity contribution in [3.63, 3.8) is 0 Å². The first-order valence-corrected chi connectivity index (χ1v) is 9.49. The highest BCUT2D eigenvalue weighted by Crippen LogP contribution is 2.33. The third-order valence-corrected chi connectivity index (χ3v) is 4.98. The summed E-state index contributed by atoms with van der Waals surface area (Å²) in [6.07, 6.45) is 0. The number of hydrogen-bond donors (Lipinski definition) is 1. The van der Waals surface area contributed by atoms with E-state index in [1.165, 1.54) is 0 Å². The van der Waals surface area contributed by atoms with Crippen molar-refractivity contribution in [3.8, 4) is 22.8 Å². The van der Waals surface area contributed by atoms with Crippen LogP contribution in [-0.2, 0) is 4.74 Å². The lowest BCUT2D eigenvalue weighted by molar-refractivity contribution is 0.147. The zero-order valence-electron chi connectivity index (χ0n) is 15.8. The van der Waals surface area contributed by atoms with E-state index in [9.17, 15) is 0 Å². The number of nitrogens with one attached hydrogen (secondary N) is 1. The quantitative estimate of drug-likeness (QED) is 0.368. The zero-order chi connectivity index (χ0) is 19.5. The summed E-state index contributed by atoms with van der Waals surface area (Å²) in [7, 11) is 1.66. The Bertz CT molecular complexity index is 1180. The van der Waals surface area contributed by atoms with Crippen LogP contribution >= 0.6 is 12.2 Å². The molecule has 0 spiro atoms. The molecule has 0 aliphatic carbocycles. The van der Waals surface area contributed by atoms with Crippen molar-refractivity contribution in [2.24, 2.45) is 0 Å². The van der Waals surface area contributed by atoms with Crippen LogP contribution in [0.25, 0.3) is 27.8 Å². The van der Waals surface area contributed by atoms with Gasteiger partial charge in [0.1, 0.15) is 12.4 Å². The van der Waals surface area contributed by atoms with Gasteiger partial charge in [0.25, 0.3) is 0 Å². The van der Waals surface area contributed by atoms with Crippen LogP contribution < -0.4 is 4.74 Å². The van der Waals surface area contributed by atoms with Crippen molar-refractivity contribution in [3.05, 3.63) is 71.0 Å². The Morgan fingerprint density at radius 3 is 2.50 bits per heavy atom. The van der Waals surface area contributed by atoms with Crippen LogP contribution in [0.1, 0.15) is 5.56 Å². The predicted molar refractivity (Wildman–Crippen MR) is 114 cm³/mol. The van der Waals surface area contributed by atoms with Crippen LogP contribution in [-0.4, -0.2) is 35.1 Å². The van der Waals surface area contributed by atoms with Crippen LogP contribution in [0.2, 0.25) is 0 Å². The third kappa shape index (κ3) is 3.32. The first-order valence-electron chi connectivity index (χ1n) is 9.08. The fourth-order valence-corrected chi connectivity index (χ4v) is 3.57. The molecule has 0 saturated heterocycles. The van der Waals surface area contributed by atoms with Crippen molar-refractivity contribution < 1.29 is 9.47 Å². The van der Waals surface area contributed by atoms with E-state index < -0.39 is 0 Å². The van der Waals surface area contributed by atoms with Gasteiger partial charge in [-0.05, 0) is 36.8 Å². The first-order chi connectivity index (χ1) is 13.7. The number of nitrogens with zero attached hydrogens (tertiary/aromatic N) is 2. The minimum atomic E-state index is 0.499. The van der Waals surface area contributed by atoms with E-state index in [-0.39, 0.29) is 0 Å². The Hall–Kier alpha value is -2.96. The zero-order valence-corrected chi connectivity index (χ0v) is 16.6. The number of H-pyrrole nitrogens is 1. The monoisotopic (exact) mass is 391 g/mol. The van der Waals surface area contributed by atoms with Crippen LogP contribution in [0.5, 0.6) is 5.75 Å². The molecular formula is C22H21N3O2S. The third-order valence-electron chi connectivity index (χ3n) is 4.71. The smallest absolute Gasteiger partial charge is 0.200 e. The number of benzene rings is 3. The van der Waals surface area contributed by atoms with Crippen molar-refractivity contribution in [1.82, 2.24) is 14.8 Å². The minimum absolute atomic E-state index is 0.499. The number of ether oxygens (including phenoxy) is 2. The summed E-state index contributed by atoms with van der Waals surface area (Å²) in [6.45, 7) is 3.11. The summed E-state index contributed by atoms with van der Waals surface area (Å²) in [4.78, 5) is 0. The van der Waals surface area contributed by atoms with Gasteiger partial charge in [0, 0.05) is 23.4 Å². The van der Waals surface area contributed by atoms with Crippen molar-refractivity contribution in [2.75, 3.05) is 20.3 Å². The van der Waals surface area contributed by atoms with E-state index in [0.29, 0.717) is 18.0 Å². The van der Waals surface area contributed by atoms with E-state index in [1.54, 1.807) is 7.11 Å². The van der Waals surface area contributed by atoms with E-state index in [1.807, 2.05) is 41.0 Å². The van der Waals surface area contributed by atoms with Gasteiger partial charge in [-0.3, -0.25) is 9.67 Å². The highest BCUT2D eigenvalue weighted by Gasteiger charge is 2.16. The topological polar surface area (TPSA) is 52.1 Å². The van der Waals surface area contributed by atoms with Gasteiger partial charge in [-0.25, -0.2) is 0 Å². The largest absolute Gasteiger partial charge is 0.491 e. The molecule has 1 heterocycles. The van der Waals surface area contributed by atoms with Gasteiger partial charge in [0.2, 0.25) is 0 Å². The van der Waals surface area contributed by atoms with E-state index in [4.69, 9.17) is 21.7 Å². The highest BCUT2D eigenvalue weighted by atomic mass is 32.1. The second-order valence-electron chi connectivity index (χ2n) is 6.47. The molecule has 0 aliphatic rings. The van der Waals surface area contributed by atoms with Gasteiger partial charge in [0.05, 0.1) is 12.3 Å². The Morgan fingerprint density at radius 2 is 1.71 bits per heavy atom. The number of methoxy groups -OCH3 is 1. The Morgan fingerprint density at radius 1 is 0.964 bits per heavy atom. The molecule has 0 bridgehead atoms. The number of aromatic nitrogens is 3. The molecule has 4 aromatic rings. The minimum Gasteiger partial charge on any atom is -0.491 e. The van der Waals surface area contributed by atoms with Gasteiger partial charge in [-0.2, -0.15) is 5.10 Å². The SMILES string of the molecule is COCCOc1ccc(-n2c(-c3ccccc3C)n[nH]c2=S)c2ccccc12. The summed E-state index contributed by atoms with van der Waals surface area (Å²) in [5, 5.41) is 9.53. The molecule has 1 N–H and O–H groups in total. The number of aromatic amines is 1. The van der Waals surface area contributed by atoms with Gasteiger partial charge in [0.15, 0.2) is 10.6 Å². The second kappa shape index (κ2) is 7.96. The van der Waals surface area contributed by atoms with Crippen LogP contribution in [0, 0.1) is 11.7 Å². The van der Waals surface area contributed by atoms with E-state index in [2.05, 4.69) is 41.4 Å². The first kappa shape index (κ1) is 18.4. The molecule has 142 valence electrons. The molecule has 6 heteroatoms. The van der Waals surface area contributed by atoms with Gasteiger partial charge >= 0.3 is 0 Å². The fraction of sp³-hybridized carbons (Fsp3) is 0.182. The lowest BCUT2D eigenvalue weighted by Crippen LogP contribution is -2.05. The molecule has 0 unspecified atom stereocenters. The van der Waals surface area contributed by atoms with E-state index >= 15 is 0 Å². The normalized spacial score (nSPS) is 11.1. The standard InChI is InChI=1S/C22H21N3O2S/c1-15-7-3-4-8-16(15)21-23-24-22(28)25(21)19-11-12-20(27-14-13-26-2)18-10-6-5-9-17(18)19/h3-12H,13-14H2,1-2H3,(H,24,28). The van der Waals surface area contributed by atoms with Gasteiger partial charge in [-0.15, -0.1) is 0 Å². The predicted octanol–water partition coefficient (Wildman–Crippen LogP) is 5.08. The molecule has 28 heavy (non-hydrogen) atoms. The molecule has 0 aliphatic heterocycles. The summed E-state index contributed by atoms with van der Waals surface area (Å²) in [5.41, 5.74) is 3.15. The Balaban J connectivity index is 1.90. The molecule has 0 fully saturated rings. The average molecular weight is 391 g/mol. The molecule has 4 rings (SSSR count). The maximum Gasteiger partial charge on any atom is 0.200 e. The molecule has 3 aromatic carbocycles. The lowest BCUT2D eigenvalue weighted by atomic mass is 10.1. The molecule has 0 amide bonds. The summed E-state index contributed by atoms with van der Waals surface area (Å²) < 4.78 is 13.5. The summed E-state index contributed by atoms with van der Waals surface area (Å²) in [5.74, 6) is 1.62. The summed E-state index contributed by atoms with van der Waals surface area (Å²) in [6, 6.07) is 20.3. The fourth-order valence-electron chi connectivity index (χ4n) is 3.34. The van der Waals surface area contributed by atoms with Crippen molar-refractivity contribution in [1.29, 1.82) is 0 Å². The number of fused-ring (bicyclic) bond motifs is 1. The Kier molecular flexibility index (Phi) is 5.23.